The van der Waals surface area contributed by atoms with E-state index in [4.69, 9.17) is 4.74 Å². The summed E-state index contributed by atoms with van der Waals surface area (Å²) in [5, 5.41) is 0. The maximum Gasteiger partial charge on any atom is 0.244 e. The van der Waals surface area contributed by atoms with Gasteiger partial charge >= 0.3 is 0 Å². The highest BCUT2D eigenvalue weighted by atomic mass is 32.2. The van der Waals surface area contributed by atoms with Crippen LogP contribution < -0.4 is 4.74 Å². The normalized spacial score (nSPS) is 20.8. The Labute approximate surface area is 184 Å². The maximum absolute atomic E-state index is 13.5. The second kappa shape index (κ2) is 9.83. The molecule has 2 aliphatic heterocycles. The van der Waals surface area contributed by atoms with Crippen molar-refractivity contribution >= 4 is 15.7 Å². The Hall–Kier alpha value is -2.38. The minimum Gasteiger partial charge on any atom is -0.493 e. The van der Waals surface area contributed by atoms with Gasteiger partial charge in [-0.15, -0.1) is 0 Å². The standard InChI is InChI=1S/C24H30N2O4S/c27-24(26-13-11-20(12-14-26)19-30-22-9-5-2-6-10-22)23(21-7-3-1-4-8-21)25-15-17-31(28,29)18-16-25/h1-10,20,23H,11-19H2. The predicted molar refractivity (Wildman–Crippen MR) is 121 cm³/mol. The first-order valence-electron chi connectivity index (χ1n) is 11.0. The second-order valence-corrected chi connectivity index (χ2v) is 10.7. The van der Waals surface area contributed by atoms with Crippen LogP contribution in [0.15, 0.2) is 60.7 Å². The number of likely N-dealkylation sites (tertiary alicyclic amines) is 1. The number of benzene rings is 2. The molecule has 0 aromatic heterocycles. The maximum atomic E-state index is 13.5. The topological polar surface area (TPSA) is 66.9 Å². The third-order valence-corrected chi connectivity index (χ3v) is 7.86. The molecule has 2 heterocycles. The van der Waals surface area contributed by atoms with Gasteiger partial charge in [0.25, 0.3) is 0 Å². The first kappa shape index (κ1) is 21.8. The zero-order valence-corrected chi connectivity index (χ0v) is 18.5. The lowest BCUT2D eigenvalue weighted by Gasteiger charge is -2.39. The van der Waals surface area contributed by atoms with Gasteiger partial charge in [-0.25, -0.2) is 8.42 Å². The number of hydrogen-bond acceptors (Lipinski definition) is 5. The number of sulfone groups is 1. The number of hydrogen-bond donors (Lipinski definition) is 0. The Morgan fingerprint density at radius 2 is 1.48 bits per heavy atom. The summed E-state index contributed by atoms with van der Waals surface area (Å²) in [6.07, 6.45) is 1.82. The van der Waals surface area contributed by atoms with Gasteiger partial charge in [0.05, 0.1) is 18.1 Å². The van der Waals surface area contributed by atoms with Gasteiger partial charge in [0.1, 0.15) is 11.8 Å². The van der Waals surface area contributed by atoms with Gasteiger partial charge in [0.15, 0.2) is 9.84 Å². The molecule has 6 nitrogen and oxygen atoms in total. The van der Waals surface area contributed by atoms with Gasteiger partial charge in [0, 0.05) is 26.2 Å². The molecule has 31 heavy (non-hydrogen) atoms. The molecule has 2 aromatic rings. The van der Waals surface area contributed by atoms with E-state index in [1.165, 1.54) is 0 Å². The summed E-state index contributed by atoms with van der Waals surface area (Å²) in [5.74, 6) is 1.61. The highest BCUT2D eigenvalue weighted by molar-refractivity contribution is 7.91. The van der Waals surface area contributed by atoms with E-state index >= 15 is 0 Å². The molecule has 0 N–H and O–H groups in total. The zero-order valence-electron chi connectivity index (χ0n) is 17.7. The molecule has 0 bridgehead atoms. The van der Waals surface area contributed by atoms with Crippen LogP contribution in [0.2, 0.25) is 0 Å². The molecule has 2 saturated heterocycles. The Balaban J connectivity index is 1.38. The fourth-order valence-electron chi connectivity index (χ4n) is 4.35. The van der Waals surface area contributed by atoms with Crippen molar-refractivity contribution in [3.05, 3.63) is 66.2 Å². The molecule has 0 radical (unpaired) electrons. The number of para-hydroxylation sites is 1. The molecule has 4 rings (SSSR count). The van der Waals surface area contributed by atoms with Crippen molar-refractivity contribution in [2.45, 2.75) is 18.9 Å². The minimum absolute atomic E-state index is 0.0768. The van der Waals surface area contributed by atoms with E-state index in [1.54, 1.807) is 0 Å². The molecule has 2 aromatic carbocycles. The molecule has 1 atom stereocenters. The molecule has 2 fully saturated rings. The molecule has 1 amide bonds. The first-order chi connectivity index (χ1) is 15.0. The van der Waals surface area contributed by atoms with Crippen molar-refractivity contribution in [3.8, 4) is 5.75 Å². The lowest BCUT2D eigenvalue weighted by molar-refractivity contribution is -0.138. The van der Waals surface area contributed by atoms with Crippen LogP contribution in [0.25, 0.3) is 0 Å². The van der Waals surface area contributed by atoms with Gasteiger partial charge < -0.3 is 9.64 Å². The third kappa shape index (κ3) is 5.66. The van der Waals surface area contributed by atoms with Crippen LogP contribution in [0.1, 0.15) is 24.4 Å². The van der Waals surface area contributed by atoms with Crippen molar-refractivity contribution in [1.82, 2.24) is 9.80 Å². The fraction of sp³-hybridized carbons (Fsp3) is 0.458. The molecule has 1 unspecified atom stereocenters. The molecule has 2 aliphatic rings. The van der Waals surface area contributed by atoms with Gasteiger partial charge in [0.2, 0.25) is 5.91 Å². The number of amides is 1. The highest BCUT2D eigenvalue weighted by Gasteiger charge is 2.36. The summed E-state index contributed by atoms with van der Waals surface area (Å²) in [7, 11) is -3.00. The Morgan fingerprint density at radius 3 is 2.10 bits per heavy atom. The monoisotopic (exact) mass is 442 g/mol. The number of nitrogens with zero attached hydrogens (tertiary/aromatic N) is 2. The van der Waals surface area contributed by atoms with Gasteiger partial charge in [-0.3, -0.25) is 9.69 Å². The van der Waals surface area contributed by atoms with Crippen LogP contribution in [0.4, 0.5) is 0 Å². The second-order valence-electron chi connectivity index (χ2n) is 8.39. The number of rotatable bonds is 6. The quantitative estimate of drug-likeness (QED) is 0.688. The van der Waals surface area contributed by atoms with Crippen LogP contribution in [0.3, 0.4) is 0 Å². The van der Waals surface area contributed by atoms with Crippen LogP contribution in [0, 0.1) is 5.92 Å². The van der Waals surface area contributed by atoms with Crippen LogP contribution in [-0.2, 0) is 14.6 Å². The Bertz CT molecular complexity index is 944. The summed E-state index contributed by atoms with van der Waals surface area (Å²) in [6.45, 7) is 2.87. The molecule has 0 aliphatic carbocycles. The van der Waals surface area contributed by atoms with E-state index in [0.29, 0.717) is 38.7 Å². The van der Waals surface area contributed by atoms with Crippen molar-refractivity contribution in [3.63, 3.8) is 0 Å². The van der Waals surface area contributed by atoms with E-state index in [0.717, 1.165) is 24.2 Å². The number of ether oxygens (including phenoxy) is 1. The van der Waals surface area contributed by atoms with Crippen molar-refractivity contribution in [1.29, 1.82) is 0 Å². The first-order valence-corrected chi connectivity index (χ1v) is 12.8. The van der Waals surface area contributed by atoms with E-state index in [2.05, 4.69) is 0 Å². The lowest BCUT2D eigenvalue weighted by atomic mass is 9.96. The van der Waals surface area contributed by atoms with Gasteiger partial charge in [-0.2, -0.15) is 0 Å². The van der Waals surface area contributed by atoms with Crippen LogP contribution >= 0.6 is 0 Å². The third-order valence-electron chi connectivity index (χ3n) is 6.25. The van der Waals surface area contributed by atoms with E-state index < -0.39 is 15.9 Å². The van der Waals surface area contributed by atoms with Crippen molar-refractivity contribution < 1.29 is 17.9 Å². The summed E-state index contributed by atoms with van der Waals surface area (Å²) in [5.41, 5.74) is 0.932. The highest BCUT2D eigenvalue weighted by Crippen LogP contribution is 2.28. The molecular weight excluding hydrogens is 412 g/mol. The SMILES string of the molecule is O=C(C(c1ccccc1)N1CCS(=O)(=O)CC1)N1CCC(COc2ccccc2)CC1. The van der Waals surface area contributed by atoms with E-state index in [9.17, 15) is 13.2 Å². The molecule has 0 saturated carbocycles. The largest absolute Gasteiger partial charge is 0.493 e. The molecule has 166 valence electrons. The summed E-state index contributed by atoms with van der Waals surface area (Å²) < 4.78 is 29.7. The predicted octanol–water partition coefficient (Wildman–Crippen LogP) is 2.78. The number of carbonyl (C=O) groups excluding carboxylic acids is 1. The Morgan fingerprint density at radius 1 is 0.903 bits per heavy atom. The Kier molecular flexibility index (Phi) is 6.92. The van der Waals surface area contributed by atoms with Gasteiger partial charge in [-0.05, 0) is 36.5 Å². The van der Waals surface area contributed by atoms with Crippen LogP contribution in [-0.4, -0.2) is 68.4 Å². The average molecular weight is 443 g/mol. The fourth-order valence-corrected chi connectivity index (χ4v) is 5.58. The number of piperidine rings is 1. The van der Waals surface area contributed by atoms with Crippen molar-refractivity contribution in [2.24, 2.45) is 5.92 Å². The van der Waals surface area contributed by atoms with E-state index in [1.807, 2.05) is 70.5 Å². The van der Waals surface area contributed by atoms with Gasteiger partial charge in [-0.1, -0.05) is 48.5 Å². The van der Waals surface area contributed by atoms with Crippen molar-refractivity contribution in [2.75, 3.05) is 44.3 Å². The zero-order chi connectivity index (χ0) is 21.7. The summed E-state index contributed by atoms with van der Waals surface area (Å²) in [4.78, 5) is 17.5. The summed E-state index contributed by atoms with van der Waals surface area (Å²) in [6, 6.07) is 19.1. The number of carbonyl (C=O) groups is 1. The molecule has 7 heteroatoms. The van der Waals surface area contributed by atoms with E-state index in [-0.39, 0.29) is 17.4 Å². The van der Waals surface area contributed by atoms with Crippen LogP contribution in [0.5, 0.6) is 5.75 Å². The minimum atomic E-state index is -3.00. The summed E-state index contributed by atoms with van der Waals surface area (Å²) >= 11 is 0. The average Bonchev–Trinajstić information content (AvgIpc) is 2.80. The molecule has 0 spiro atoms. The lowest BCUT2D eigenvalue weighted by Crippen LogP contribution is -2.50. The molecular formula is C24H30N2O4S. The smallest absolute Gasteiger partial charge is 0.244 e.